The minimum Gasteiger partial charge on any atom is -0.350 e. The number of benzene rings is 2. The van der Waals surface area contributed by atoms with Gasteiger partial charge in [-0.25, -0.2) is 0 Å². The Morgan fingerprint density at radius 1 is 1.13 bits per heavy atom. The highest BCUT2D eigenvalue weighted by Gasteiger charge is 2.49. The van der Waals surface area contributed by atoms with Gasteiger partial charge in [-0.15, -0.1) is 0 Å². The topological polar surface area (TPSA) is 61.8 Å². The molecule has 1 aliphatic carbocycles. The summed E-state index contributed by atoms with van der Waals surface area (Å²) in [5.74, 6) is 0.243. The second kappa shape index (κ2) is 8.60. The molecule has 5 nitrogen and oxygen atoms in total. The molecule has 2 aromatic carbocycles. The number of carbonyl (C=O) groups is 2. The zero-order valence-electron chi connectivity index (χ0n) is 17.1. The Bertz CT molecular complexity index is 965. The lowest BCUT2D eigenvalue weighted by Gasteiger charge is -2.40. The van der Waals surface area contributed by atoms with Crippen molar-refractivity contribution >= 4 is 29.1 Å². The predicted octanol–water partition coefficient (Wildman–Crippen LogP) is 4.19. The van der Waals surface area contributed by atoms with Crippen LogP contribution in [-0.2, 0) is 16.1 Å². The highest BCUT2D eigenvalue weighted by molar-refractivity contribution is 6.47. The molecule has 2 aliphatic rings. The summed E-state index contributed by atoms with van der Waals surface area (Å²) in [7, 11) is 0. The van der Waals surface area contributed by atoms with E-state index in [1.165, 1.54) is 0 Å². The Labute approximate surface area is 182 Å². The molecule has 1 fully saturated rings. The van der Waals surface area contributed by atoms with E-state index >= 15 is 0 Å². The van der Waals surface area contributed by atoms with Crippen molar-refractivity contribution in [3.63, 3.8) is 0 Å². The molecule has 0 bridgehead atoms. The summed E-state index contributed by atoms with van der Waals surface area (Å²) in [5.41, 5.74) is 1.50. The van der Waals surface area contributed by atoms with E-state index in [1.54, 1.807) is 11.0 Å². The number of rotatable bonds is 5. The lowest BCUT2D eigenvalue weighted by Crippen LogP contribution is -2.52. The van der Waals surface area contributed by atoms with Crippen molar-refractivity contribution < 1.29 is 9.59 Å². The first kappa shape index (κ1) is 20.6. The number of carbonyl (C=O) groups excluding carboxylic acids is 2. The van der Waals surface area contributed by atoms with E-state index in [0.717, 1.165) is 36.8 Å². The maximum absolute atomic E-state index is 13.3. The number of nitrogens with zero attached hydrogens (tertiary/aromatic N) is 2. The summed E-state index contributed by atoms with van der Waals surface area (Å²) >= 11 is 6.18. The zero-order chi connectivity index (χ0) is 21.1. The van der Waals surface area contributed by atoms with E-state index < -0.39 is 5.66 Å². The molecule has 4 rings (SSSR count). The second-order valence-electron chi connectivity index (χ2n) is 8.25. The zero-order valence-corrected chi connectivity index (χ0v) is 17.9. The third-order valence-electron chi connectivity index (χ3n) is 6.13. The Kier molecular flexibility index (Phi) is 5.91. The van der Waals surface area contributed by atoms with Gasteiger partial charge in [-0.05, 0) is 43.2 Å². The van der Waals surface area contributed by atoms with Crippen LogP contribution < -0.4 is 5.32 Å². The van der Waals surface area contributed by atoms with Crippen LogP contribution in [0.4, 0.5) is 0 Å². The van der Waals surface area contributed by atoms with Crippen LogP contribution >= 0.6 is 11.6 Å². The van der Waals surface area contributed by atoms with Gasteiger partial charge < -0.3 is 10.2 Å². The van der Waals surface area contributed by atoms with Gasteiger partial charge >= 0.3 is 0 Å². The van der Waals surface area contributed by atoms with Gasteiger partial charge in [0.05, 0.1) is 0 Å². The molecule has 0 unspecified atom stereocenters. The van der Waals surface area contributed by atoms with E-state index in [4.69, 9.17) is 16.6 Å². The van der Waals surface area contributed by atoms with Crippen molar-refractivity contribution in [2.24, 2.45) is 10.9 Å². The molecule has 0 radical (unpaired) electrons. The molecule has 1 heterocycles. The molecule has 30 heavy (non-hydrogen) atoms. The summed E-state index contributed by atoms with van der Waals surface area (Å²) in [5, 5.41) is 3.52. The third-order valence-corrected chi connectivity index (χ3v) is 6.50. The maximum atomic E-state index is 13.3. The summed E-state index contributed by atoms with van der Waals surface area (Å²) in [6.07, 6.45) is 3.56. The number of amides is 2. The molecule has 0 aromatic heterocycles. The molecular weight excluding hydrogens is 398 g/mol. The molecule has 1 spiro atoms. The van der Waals surface area contributed by atoms with Gasteiger partial charge in [0.1, 0.15) is 17.9 Å². The van der Waals surface area contributed by atoms with Crippen molar-refractivity contribution in [3.05, 3.63) is 70.7 Å². The first-order chi connectivity index (χ1) is 14.5. The first-order valence-electron chi connectivity index (χ1n) is 10.5. The number of hydrogen-bond donors (Lipinski definition) is 1. The Balaban J connectivity index is 1.52. The minimum atomic E-state index is -0.615. The van der Waals surface area contributed by atoms with Crippen molar-refractivity contribution in [3.8, 4) is 0 Å². The Morgan fingerprint density at radius 3 is 2.50 bits per heavy atom. The largest absolute Gasteiger partial charge is 0.350 e. The second-order valence-corrected chi connectivity index (χ2v) is 8.66. The number of aliphatic imine (C=N–C) groups is 1. The normalized spacial score (nSPS) is 23.5. The van der Waals surface area contributed by atoms with Gasteiger partial charge in [-0.1, -0.05) is 67.1 Å². The van der Waals surface area contributed by atoms with Crippen molar-refractivity contribution in [2.75, 3.05) is 6.54 Å². The fourth-order valence-electron chi connectivity index (χ4n) is 4.28. The Morgan fingerprint density at radius 2 is 1.80 bits per heavy atom. The molecule has 2 aromatic rings. The van der Waals surface area contributed by atoms with Crippen LogP contribution in [0.25, 0.3) is 0 Å². The summed E-state index contributed by atoms with van der Waals surface area (Å²) in [6.45, 7) is 2.56. The van der Waals surface area contributed by atoms with Crippen LogP contribution in [0, 0.1) is 5.92 Å². The van der Waals surface area contributed by atoms with E-state index in [9.17, 15) is 9.59 Å². The number of hydrogen-bond acceptors (Lipinski definition) is 3. The molecule has 0 atom stereocenters. The van der Waals surface area contributed by atoms with Crippen LogP contribution in [-0.4, -0.2) is 34.6 Å². The van der Waals surface area contributed by atoms with E-state index in [1.807, 2.05) is 48.5 Å². The summed E-state index contributed by atoms with van der Waals surface area (Å²) in [6, 6.07) is 16.9. The van der Waals surface area contributed by atoms with Gasteiger partial charge in [-0.3, -0.25) is 14.6 Å². The number of halogens is 1. The first-order valence-corrected chi connectivity index (χ1v) is 10.8. The smallest absolute Gasteiger partial charge is 0.275 e. The van der Waals surface area contributed by atoms with Crippen LogP contribution in [0.15, 0.2) is 59.6 Å². The quantitative estimate of drug-likeness (QED) is 0.783. The van der Waals surface area contributed by atoms with Gasteiger partial charge in [0, 0.05) is 17.1 Å². The fourth-order valence-corrected chi connectivity index (χ4v) is 4.48. The number of nitrogens with one attached hydrogen (secondary N) is 1. The van der Waals surface area contributed by atoms with Crippen LogP contribution in [0.1, 0.15) is 43.7 Å². The van der Waals surface area contributed by atoms with E-state index in [-0.39, 0.29) is 18.4 Å². The summed E-state index contributed by atoms with van der Waals surface area (Å²) < 4.78 is 0. The monoisotopic (exact) mass is 423 g/mol. The lowest BCUT2D eigenvalue weighted by molar-refractivity contribution is -0.136. The molecular formula is C24H26ClN3O2. The standard InChI is InChI=1S/C24H26ClN3O2/c1-17-11-13-24(14-12-17)27-22(18-7-3-2-4-8-18)23(30)28(24)16-21(29)26-15-19-9-5-6-10-20(19)25/h2-10,17H,11-16H2,1H3,(H,26,29). The molecule has 1 aliphatic heterocycles. The Hall–Kier alpha value is -2.66. The molecule has 1 saturated carbocycles. The maximum Gasteiger partial charge on any atom is 0.275 e. The molecule has 156 valence electrons. The van der Waals surface area contributed by atoms with E-state index in [2.05, 4.69) is 12.2 Å². The average Bonchev–Trinajstić information content (AvgIpc) is 3.02. The average molecular weight is 424 g/mol. The van der Waals surface area contributed by atoms with Gasteiger partial charge in [0.25, 0.3) is 5.91 Å². The van der Waals surface area contributed by atoms with Crippen LogP contribution in [0.2, 0.25) is 5.02 Å². The fraction of sp³-hybridized carbons (Fsp3) is 0.375. The third kappa shape index (κ3) is 4.12. The van der Waals surface area contributed by atoms with Crippen molar-refractivity contribution in [1.82, 2.24) is 10.2 Å². The van der Waals surface area contributed by atoms with Crippen LogP contribution in [0.5, 0.6) is 0 Å². The molecule has 1 N–H and O–H groups in total. The van der Waals surface area contributed by atoms with Crippen molar-refractivity contribution in [1.29, 1.82) is 0 Å². The molecule has 6 heteroatoms. The highest BCUT2D eigenvalue weighted by atomic mass is 35.5. The van der Waals surface area contributed by atoms with E-state index in [0.29, 0.717) is 23.2 Å². The van der Waals surface area contributed by atoms with Gasteiger partial charge in [0.15, 0.2) is 0 Å². The van der Waals surface area contributed by atoms with Gasteiger partial charge in [-0.2, -0.15) is 0 Å². The van der Waals surface area contributed by atoms with Crippen molar-refractivity contribution in [2.45, 2.75) is 44.8 Å². The molecule has 0 saturated heterocycles. The lowest BCUT2D eigenvalue weighted by atomic mass is 9.82. The SMILES string of the molecule is CC1CCC2(CC1)N=C(c1ccccc1)C(=O)N2CC(=O)NCc1ccccc1Cl. The summed E-state index contributed by atoms with van der Waals surface area (Å²) in [4.78, 5) is 32.7. The highest BCUT2D eigenvalue weighted by Crippen LogP contribution is 2.41. The minimum absolute atomic E-state index is 0.00248. The predicted molar refractivity (Wildman–Crippen MR) is 118 cm³/mol. The van der Waals surface area contributed by atoms with Crippen LogP contribution in [0.3, 0.4) is 0 Å². The van der Waals surface area contributed by atoms with Gasteiger partial charge in [0.2, 0.25) is 5.91 Å². The molecule has 2 amide bonds.